The van der Waals surface area contributed by atoms with Crippen molar-refractivity contribution in [2.75, 3.05) is 6.61 Å². The zero-order chi connectivity index (χ0) is 22.0. The molecule has 0 spiro atoms. The highest BCUT2D eigenvalue weighted by Gasteiger charge is 2.41. The van der Waals surface area contributed by atoms with Crippen molar-refractivity contribution in [3.63, 3.8) is 0 Å². The van der Waals surface area contributed by atoms with E-state index in [9.17, 15) is 19.2 Å². The van der Waals surface area contributed by atoms with Crippen molar-refractivity contribution < 1.29 is 23.9 Å². The molecule has 0 unspecified atom stereocenters. The fraction of sp³-hybridized carbons (Fsp3) is 0.120. The van der Waals surface area contributed by atoms with Crippen LogP contribution in [0.4, 0.5) is 0 Å². The average Bonchev–Trinajstić information content (AvgIpc) is 3.07. The van der Waals surface area contributed by atoms with Crippen LogP contribution in [0, 0.1) is 0 Å². The standard InChI is InChI=1S/C25H19NO5/c1-16(26-23(28)20-9-5-6-10-21(20)24(26)29)25(30)31-15-22(27)19-13-11-18(12-14-19)17-7-3-2-4-8-17/h2-14,16H,15H2,1H3/t16-/m0/s1. The summed E-state index contributed by atoms with van der Waals surface area (Å²) in [6.45, 7) is 0.931. The molecule has 6 nitrogen and oxygen atoms in total. The lowest BCUT2D eigenvalue weighted by molar-refractivity contribution is -0.146. The molecule has 3 aromatic carbocycles. The van der Waals surface area contributed by atoms with Crippen molar-refractivity contribution in [1.29, 1.82) is 0 Å². The van der Waals surface area contributed by atoms with E-state index < -0.39 is 30.4 Å². The van der Waals surface area contributed by atoms with Crippen LogP contribution in [0.5, 0.6) is 0 Å². The van der Waals surface area contributed by atoms with Crippen molar-refractivity contribution in [3.05, 3.63) is 95.6 Å². The summed E-state index contributed by atoms with van der Waals surface area (Å²) in [5, 5.41) is 0. The van der Waals surface area contributed by atoms with Gasteiger partial charge in [-0.1, -0.05) is 66.7 Å². The maximum Gasteiger partial charge on any atom is 0.329 e. The van der Waals surface area contributed by atoms with E-state index in [0.717, 1.165) is 16.0 Å². The molecule has 0 saturated carbocycles. The zero-order valence-electron chi connectivity index (χ0n) is 16.8. The highest BCUT2D eigenvalue weighted by Crippen LogP contribution is 2.25. The summed E-state index contributed by atoms with van der Waals surface area (Å²) in [5.41, 5.74) is 2.90. The van der Waals surface area contributed by atoms with Crippen molar-refractivity contribution in [2.24, 2.45) is 0 Å². The third kappa shape index (κ3) is 3.88. The van der Waals surface area contributed by atoms with Gasteiger partial charge in [0.05, 0.1) is 11.1 Å². The molecular weight excluding hydrogens is 394 g/mol. The maximum absolute atomic E-state index is 12.5. The molecule has 4 rings (SSSR count). The molecule has 0 fully saturated rings. The van der Waals surface area contributed by atoms with E-state index in [4.69, 9.17) is 4.74 Å². The minimum atomic E-state index is -1.14. The van der Waals surface area contributed by atoms with E-state index >= 15 is 0 Å². The Labute approximate surface area is 179 Å². The number of hydrogen-bond acceptors (Lipinski definition) is 5. The van der Waals surface area contributed by atoms with Crippen LogP contribution in [0.15, 0.2) is 78.9 Å². The summed E-state index contributed by atoms with van der Waals surface area (Å²) >= 11 is 0. The van der Waals surface area contributed by atoms with Gasteiger partial charge in [0.15, 0.2) is 12.4 Å². The second kappa shape index (κ2) is 8.36. The fourth-order valence-electron chi connectivity index (χ4n) is 3.48. The first-order valence-corrected chi connectivity index (χ1v) is 9.79. The van der Waals surface area contributed by atoms with Gasteiger partial charge in [0.2, 0.25) is 0 Å². The van der Waals surface area contributed by atoms with E-state index in [1.807, 2.05) is 42.5 Å². The van der Waals surface area contributed by atoms with Crippen molar-refractivity contribution in [2.45, 2.75) is 13.0 Å². The number of esters is 1. The van der Waals surface area contributed by atoms with E-state index in [2.05, 4.69) is 0 Å². The Kier molecular flexibility index (Phi) is 5.45. The molecule has 6 heteroatoms. The third-order valence-electron chi connectivity index (χ3n) is 5.21. The molecule has 0 bridgehead atoms. The van der Waals surface area contributed by atoms with Crippen LogP contribution in [0.1, 0.15) is 38.0 Å². The third-order valence-corrected chi connectivity index (χ3v) is 5.21. The first kappa shape index (κ1) is 20.2. The van der Waals surface area contributed by atoms with Crippen molar-refractivity contribution >= 4 is 23.6 Å². The number of carbonyl (C=O) groups is 4. The van der Waals surface area contributed by atoms with Gasteiger partial charge < -0.3 is 4.74 Å². The molecule has 1 heterocycles. The number of carbonyl (C=O) groups excluding carboxylic acids is 4. The van der Waals surface area contributed by atoms with Crippen molar-refractivity contribution in [3.8, 4) is 11.1 Å². The van der Waals surface area contributed by atoms with Gasteiger partial charge in [0.1, 0.15) is 6.04 Å². The average molecular weight is 413 g/mol. The molecule has 0 aliphatic carbocycles. The van der Waals surface area contributed by atoms with Gasteiger partial charge in [-0.25, -0.2) is 4.79 Å². The Morgan fingerprint density at radius 2 is 1.29 bits per heavy atom. The van der Waals surface area contributed by atoms with Crippen molar-refractivity contribution in [1.82, 2.24) is 4.90 Å². The molecule has 154 valence electrons. The Morgan fingerprint density at radius 3 is 1.87 bits per heavy atom. The molecule has 0 radical (unpaired) electrons. The highest BCUT2D eigenvalue weighted by molar-refractivity contribution is 6.22. The molecule has 1 aliphatic heterocycles. The minimum Gasteiger partial charge on any atom is -0.456 e. The Morgan fingerprint density at radius 1 is 0.774 bits per heavy atom. The Balaban J connectivity index is 1.38. The summed E-state index contributed by atoms with van der Waals surface area (Å²) in [5.74, 6) is -2.29. The smallest absolute Gasteiger partial charge is 0.329 e. The molecule has 0 saturated heterocycles. The number of benzene rings is 3. The van der Waals surface area contributed by atoms with Gasteiger partial charge in [-0.05, 0) is 30.2 Å². The number of imide groups is 1. The number of fused-ring (bicyclic) bond motifs is 1. The number of nitrogens with zero attached hydrogens (tertiary/aromatic N) is 1. The van der Waals surface area contributed by atoms with E-state index in [1.54, 1.807) is 24.3 Å². The summed E-state index contributed by atoms with van der Waals surface area (Å²) in [6.07, 6.45) is 0. The molecular formula is C25H19NO5. The van der Waals surface area contributed by atoms with E-state index in [0.29, 0.717) is 5.56 Å². The van der Waals surface area contributed by atoms with Crippen LogP contribution in [0.3, 0.4) is 0 Å². The SMILES string of the molecule is C[C@@H](C(=O)OCC(=O)c1ccc(-c2ccccc2)cc1)N1C(=O)c2ccccc2C1=O. The lowest BCUT2D eigenvalue weighted by Crippen LogP contribution is -2.44. The molecule has 2 amide bonds. The number of rotatable bonds is 6. The summed E-state index contributed by atoms with van der Waals surface area (Å²) in [7, 11) is 0. The minimum absolute atomic E-state index is 0.252. The quantitative estimate of drug-likeness (QED) is 0.349. The molecule has 0 N–H and O–H groups in total. The number of amides is 2. The van der Waals surface area contributed by atoms with Gasteiger partial charge in [0.25, 0.3) is 11.8 Å². The number of Topliss-reactive ketones (excluding diaryl/α,β-unsaturated/α-hetero) is 1. The summed E-state index contributed by atoms with van der Waals surface area (Å²) < 4.78 is 5.11. The van der Waals surface area contributed by atoms with E-state index in [1.165, 1.54) is 19.1 Å². The van der Waals surface area contributed by atoms with E-state index in [-0.39, 0.29) is 16.9 Å². The molecule has 31 heavy (non-hydrogen) atoms. The topological polar surface area (TPSA) is 80.8 Å². The molecule has 3 aromatic rings. The predicted octanol–water partition coefficient (Wildman–Crippen LogP) is 3.76. The lowest BCUT2D eigenvalue weighted by atomic mass is 10.0. The van der Waals surface area contributed by atoms with Crippen LogP contribution >= 0.6 is 0 Å². The monoisotopic (exact) mass is 413 g/mol. The Hall–Kier alpha value is -4.06. The first-order chi connectivity index (χ1) is 15.0. The van der Waals surface area contributed by atoms with Gasteiger partial charge in [-0.2, -0.15) is 0 Å². The fourth-order valence-corrected chi connectivity index (χ4v) is 3.48. The second-order valence-electron chi connectivity index (χ2n) is 7.18. The molecule has 1 aliphatic rings. The largest absolute Gasteiger partial charge is 0.456 e. The Bertz CT molecular complexity index is 1130. The molecule has 0 aromatic heterocycles. The summed E-state index contributed by atoms with van der Waals surface area (Å²) in [4.78, 5) is 50.7. The lowest BCUT2D eigenvalue weighted by Gasteiger charge is -2.20. The van der Waals surface area contributed by atoms with Gasteiger partial charge >= 0.3 is 5.97 Å². The second-order valence-corrected chi connectivity index (χ2v) is 7.18. The normalized spacial score (nSPS) is 13.6. The summed E-state index contributed by atoms with van der Waals surface area (Å²) in [6, 6.07) is 22.0. The zero-order valence-corrected chi connectivity index (χ0v) is 16.8. The van der Waals surface area contributed by atoms with Crippen LogP contribution in [0.2, 0.25) is 0 Å². The number of ether oxygens (including phenoxy) is 1. The van der Waals surface area contributed by atoms with Crippen LogP contribution in [-0.4, -0.2) is 41.1 Å². The first-order valence-electron chi connectivity index (χ1n) is 9.79. The highest BCUT2D eigenvalue weighted by atomic mass is 16.5. The molecule has 1 atom stereocenters. The number of ketones is 1. The maximum atomic E-state index is 12.5. The van der Waals surface area contributed by atoms with Gasteiger partial charge in [0, 0.05) is 5.56 Å². The van der Waals surface area contributed by atoms with Crippen LogP contribution < -0.4 is 0 Å². The number of hydrogen-bond donors (Lipinski definition) is 0. The van der Waals surface area contributed by atoms with Gasteiger partial charge in [-0.15, -0.1) is 0 Å². The van der Waals surface area contributed by atoms with Crippen LogP contribution in [0.25, 0.3) is 11.1 Å². The van der Waals surface area contributed by atoms with Crippen LogP contribution in [-0.2, 0) is 9.53 Å². The van der Waals surface area contributed by atoms with Gasteiger partial charge in [-0.3, -0.25) is 19.3 Å². The predicted molar refractivity (Wildman–Crippen MR) is 114 cm³/mol.